The summed E-state index contributed by atoms with van der Waals surface area (Å²) in [5.74, 6) is 0.00389. The highest BCUT2D eigenvalue weighted by atomic mass is 32.2. The van der Waals surface area contributed by atoms with Gasteiger partial charge in [-0.2, -0.15) is 0 Å². The molecule has 0 bridgehead atoms. The van der Waals surface area contributed by atoms with Gasteiger partial charge in [0.2, 0.25) is 5.91 Å². The van der Waals surface area contributed by atoms with E-state index in [1.807, 2.05) is 6.92 Å². The van der Waals surface area contributed by atoms with E-state index in [0.29, 0.717) is 19.1 Å². The fraction of sp³-hybridized carbons (Fsp3) is 0.909. The summed E-state index contributed by atoms with van der Waals surface area (Å²) >= 11 is 0. The number of rotatable bonds is 6. The van der Waals surface area contributed by atoms with Gasteiger partial charge in [-0.3, -0.25) is 9.00 Å². The lowest BCUT2D eigenvalue weighted by Crippen LogP contribution is -2.40. The van der Waals surface area contributed by atoms with E-state index in [9.17, 15) is 9.00 Å². The van der Waals surface area contributed by atoms with Gasteiger partial charge in [-0.05, 0) is 19.8 Å². The average molecular weight is 246 g/mol. The minimum Gasteiger partial charge on any atom is -0.354 e. The standard InChI is InChI=1S/C11H22N2O2S/c1-9(16(2)15)7-13-11(14)8-12-10-5-3-4-6-10/h9-10,12H,3-8H2,1-2H3,(H,13,14). The van der Waals surface area contributed by atoms with Crippen LogP contribution in [0, 0.1) is 0 Å². The fourth-order valence-electron chi connectivity index (χ4n) is 1.80. The van der Waals surface area contributed by atoms with E-state index >= 15 is 0 Å². The molecular weight excluding hydrogens is 224 g/mol. The van der Waals surface area contributed by atoms with Crippen molar-refractivity contribution in [2.45, 2.75) is 43.9 Å². The number of nitrogens with one attached hydrogen (secondary N) is 2. The van der Waals surface area contributed by atoms with Crippen LogP contribution in [0.4, 0.5) is 0 Å². The number of carbonyl (C=O) groups is 1. The second kappa shape index (κ2) is 7.01. The molecule has 1 aliphatic carbocycles. The Kier molecular flexibility index (Phi) is 5.98. The number of hydrogen-bond acceptors (Lipinski definition) is 3. The van der Waals surface area contributed by atoms with Gasteiger partial charge >= 0.3 is 0 Å². The molecule has 2 unspecified atom stereocenters. The van der Waals surface area contributed by atoms with Crippen LogP contribution in [0.1, 0.15) is 32.6 Å². The van der Waals surface area contributed by atoms with E-state index in [4.69, 9.17) is 0 Å². The molecule has 0 saturated heterocycles. The van der Waals surface area contributed by atoms with Crippen molar-refractivity contribution in [3.63, 3.8) is 0 Å². The van der Waals surface area contributed by atoms with Crippen molar-refractivity contribution in [2.24, 2.45) is 0 Å². The van der Waals surface area contributed by atoms with Crippen LogP contribution in [0.3, 0.4) is 0 Å². The number of carbonyl (C=O) groups excluding carboxylic acids is 1. The summed E-state index contributed by atoms with van der Waals surface area (Å²) in [6.07, 6.45) is 6.56. The zero-order valence-electron chi connectivity index (χ0n) is 10.1. The molecule has 1 aliphatic rings. The van der Waals surface area contributed by atoms with Crippen LogP contribution in [-0.2, 0) is 15.6 Å². The van der Waals surface area contributed by atoms with Gasteiger partial charge in [-0.1, -0.05) is 12.8 Å². The Morgan fingerprint density at radius 2 is 2.06 bits per heavy atom. The topological polar surface area (TPSA) is 58.2 Å². The Morgan fingerprint density at radius 1 is 1.44 bits per heavy atom. The second-order valence-corrected chi connectivity index (χ2v) is 6.28. The molecule has 1 amide bonds. The minimum absolute atomic E-state index is 0.00389. The Hall–Kier alpha value is -0.420. The van der Waals surface area contributed by atoms with Crippen LogP contribution < -0.4 is 10.6 Å². The molecule has 1 saturated carbocycles. The highest BCUT2D eigenvalue weighted by Crippen LogP contribution is 2.17. The third-order valence-corrected chi connectivity index (χ3v) is 4.36. The first kappa shape index (κ1) is 13.6. The maximum absolute atomic E-state index is 11.5. The molecule has 0 heterocycles. The van der Waals surface area contributed by atoms with E-state index in [1.165, 1.54) is 25.7 Å². The van der Waals surface area contributed by atoms with Crippen LogP contribution in [0.15, 0.2) is 0 Å². The summed E-state index contributed by atoms with van der Waals surface area (Å²) in [6.45, 7) is 2.75. The van der Waals surface area contributed by atoms with Crippen molar-refractivity contribution >= 4 is 16.7 Å². The van der Waals surface area contributed by atoms with Gasteiger partial charge < -0.3 is 10.6 Å². The molecule has 0 aliphatic heterocycles. The number of hydrogen-bond donors (Lipinski definition) is 2. The quantitative estimate of drug-likeness (QED) is 0.713. The molecular formula is C11H22N2O2S. The molecule has 16 heavy (non-hydrogen) atoms. The molecule has 1 fully saturated rings. The molecule has 0 aromatic rings. The van der Waals surface area contributed by atoms with Crippen molar-refractivity contribution in [3.8, 4) is 0 Å². The van der Waals surface area contributed by atoms with Gasteiger partial charge in [-0.25, -0.2) is 0 Å². The highest BCUT2D eigenvalue weighted by Gasteiger charge is 2.15. The Bertz CT molecular complexity index is 252. The van der Waals surface area contributed by atoms with E-state index in [2.05, 4.69) is 10.6 Å². The summed E-state index contributed by atoms with van der Waals surface area (Å²) in [5, 5.41) is 6.06. The average Bonchev–Trinajstić information content (AvgIpc) is 2.75. The van der Waals surface area contributed by atoms with E-state index in [0.717, 1.165) is 0 Å². The van der Waals surface area contributed by atoms with Gasteiger partial charge in [-0.15, -0.1) is 0 Å². The Morgan fingerprint density at radius 3 is 2.62 bits per heavy atom. The lowest BCUT2D eigenvalue weighted by Gasteiger charge is -2.13. The third kappa shape index (κ3) is 5.07. The van der Waals surface area contributed by atoms with Crippen LogP contribution in [0.2, 0.25) is 0 Å². The predicted molar refractivity (Wildman–Crippen MR) is 66.8 cm³/mol. The summed E-state index contributed by atoms with van der Waals surface area (Å²) < 4.78 is 11.1. The van der Waals surface area contributed by atoms with Gasteiger partial charge in [0, 0.05) is 34.9 Å². The Labute approximate surface area is 100 Å². The molecule has 0 aromatic carbocycles. The molecule has 1 rings (SSSR count). The van der Waals surface area contributed by atoms with Crippen molar-refractivity contribution in [2.75, 3.05) is 19.3 Å². The van der Waals surface area contributed by atoms with Crippen molar-refractivity contribution in [1.29, 1.82) is 0 Å². The number of amides is 1. The van der Waals surface area contributed by atoms with Gasteiger partial charge in [0.05, 0.1) is 6.54 Å². The van der Waals surface area contributed by atoms with Crippen molar-refractivity contribution in [3.05, 3.63) is 0 Å². The molecule has 4 nitrogen and oxygen atoms in total. The van der Waals surface area contributed by atoms with Gasteiger partial charge in [0.1, 0.15) is 0 Å². The monoisotopic (exact) mass is 246 g/mol. The predicted octanol–water partition coefficient (Wildman–Crippen LogP) is 0.402. The molecule has 0 spiro atoms. The first-order valence-corrected chi connectivity index (χ1v) is 7.54. The zero-order valence-corrected chi connectivity index (χ0v) is 10.9. The normalized spacial score (nSPS) is 20.6. The highest BCUT2D eigenvalue weighted by molar-refractivity contribution is 7.84. The lowest BCUT2D eigenvalue weighted by molar-refractivity contribution is -0.120. The third-order valence-electron chi connectivity index (χ3n) is 3.06. The van der Waals surface area contributed by atoms with E-state index < -0.39 is 10.8 Å². The molecule has 94 valence electrons. The summed E-state index contributed by atoms with van der Waals surface area (Å²) in [5.41, 5.74) is 0. The minimum atomic E-state index is -0.868. The van der Waals surface area contributed by atoms with Crippen molar-refractivity contribution in [1.82, 2.24) is 10.6 Å². The van der Waals surface area contributed by atoms with E-state index in [-0.39, 0.29) is 11.2 Å². The maximum Gasteiger partial charge on any atom is 0.234 e. The summed E-state index contributed by atoms with van der Waals surface area (Å²) in [4.78, 5) is 11.5. The first-order chi connectivity index (χ1) is 7.59. The smallest absolute Gasteiger partial charge is 0.234 e. The largest absolute Gasteiger partial charge is 0.354 e. The van der Waals surface area contributed by atoms with Crippen molar-refractivity contribution < 1.29 is 9.00 Å². The van der Waals surface area contributed by atoms with Crippen LogP contribution in [-0.4, -0.2) is 40.8 Å². The van der Waals surface area contributed by atoms with Crippen LogP contribution in [0.25, 0.3) is 0 Å². The van der Waals surface area contributed by atoms with Gasteiger partial charge in [0.25, 0.3) is 0 Å². The molecule has 5 heteroatoms. The summed E-state index contributed by atoms with van der Waals surface area (Å²) in [7, 11) is -0.868. The molecule has 2 atom stereocenters. The fourth-order valence-corrected chi connectivity index (χ4v) is 2.12. The maximum atomic E-state index is 11.5. The molecule has 2 N–H and O–H groups in total. The zero-order chi connectivity index (χ0) is 12.0. The van der Waals surface area contributed by atoms with Crippen LogP contribution in [0.5, 0.6) is 0 Å². The Balaban J connectivity index is 2.08. The van der Waals surface area contributed by atoms with Crippen LogP contribution >= 0.6 is 0 Å². The molecule has 0 aromatic heterocycles. The SMILES string of the molecule is CC(CNC(=O)CNC1CCCC1)S(C)=O. The second-order valence-electron chi connectivity index (χ2n) is 4.48. The lowest BCUT2D eigenvalue weighted by atomic mass is 10.2. The van der Waals surface area contributed by atoms with E-state index in [1.54, 1.807) is 6.26 Å². The summed E-state index contributed by atoms with van der Waals surface area (Å²) in [6, 6.07) is 0.517. The first-order valence-electron chi connectivity index (χ1n) is 5.92. The molecule has 0 radical (unpaired) electrons. The van der Waals surface area contributed by atoms with Gasteiger partial charge in [0.15, 0.2) is 0 Å².